The molecule has 0 spiro atoms. The van der Waals surface area contributed by atoms with Crippen molar-refractivity contribution in [1.29, 1.82) is 0 Å². The minimum absolute atomic E-state index is 0.471. The standard InChI is InChI=1S/C17H16F2N2O3/c1-11(22)21(17-14(18)4-3-5-15(17)19)10-16(23)20-12-6-8-13(24-2)9-7-12/h3-9H,10H2,1-2H3,(H,20,23). The monoisotopic (exact) mass is 334 g/mol. The summed E-state index contributed by atoms with van der Waals surface area (Å²) < 4.78 is 32.7. The molecule has 0 saturated heterocycles. The van der Waals surface area contributed by atoms with E-state index in [1.165, 1.54) is 13.2 Å². The van der Waals surface area contributed by atoms with Gasteiger partial charge in [-0.15, -0.1) is 0 Å². The molecule has 0 bridgehead atoms. The van der Waals surface area contributed by atoms with E-state index in [2.05, 4.69) is 5.32 Å². The number of benzene rings is 2. The van der Waals surface area contributed by atoms with Crippen LogP contribution in [0.25, 0.3) is 0 Å². The van der Waals surface area contributed by atoms with Crippen LogP contribution >= 0.6 is 0 Å². The van der Waals surface area contributed by atoms with Gasteiger partial charge in [0, 0.05) is 12.6 Å². The van der Waals surface area contributed by atoms with Crippen LogP contribution < -0.4 is 15.0 Å². The fourth-order valence-electron chi connectivity index (χ4n) is 2.11. The summed E-state index contributed by atoms with van der Waals surface area (Å²) in [6, 6.07) is 9.75. The second kappa shape index (κ2) is 7.54. The highest BCUT2D eigenvalue weighted by molar-refractivity contribution is 6.01. The van der Waals surface area contributed by atoms with Crippen molar-refractivity contribution in [3.8, 4) is 5.75 Å². The molecule has 24 heavy (non-hydrogen) atoms. The first-order chi connectivity index (χ1) is 11.4. The lowest BCUT2D eigenvalue weighted by Gasteiger charge is -2.21. The van der Waals surface area contributed by atoms with Gasteiger partial charge in [-0.2, -0.15) is 0 Å². The quantitative estimate of drug-likeness (QED) is 0.914. The molecule has 0 atom stereocenters. The Hall–Kier alpha value is -2.96. The van der Waals surface area contributed by atoms with E-state index < -0.39 is 35.7 Å². The number of rotatable bonds is 5. The van der Waals surface area contributed by atoms with E-state index >= 15 is 0 Å². The van der Waals surface area contributed by atoms with Crippen LogP contribution in [0.3, 0.4) is 0 Å². The summed E-state index contributed by atoms with van der Waals surface area (Å²) in [6.07, 6.45) is 0. The molecule has 0 saturated carbocycles. The van der Waals surface area contributed by atoms with Crippen molar-refractivity contribution in [2.45, 2.75) is 6.92 Å². The Balaban J connectivity index is 2.15. The molecule has 0 aliphatic heterocycles. The maximum absolute atomic E-state index is 13.8. The number of amides is 2. The van der Waals surface area contributed by atoms with E-state index in [1.54, 1.807) is 24.3 Å². The van der Waals surface area contributed by atoms with Gasteiger partial charge in [0.2, 0.25) is 11.8 Å². The maximum Gasteiger partial charge on any atom is 0.244 e. The molecule has 0 radical (unpaired) electrons. The zero-order valence-corrected chi connectivity index (χ0v) is 13.2. The molecule has 1 N–H and O–H groups in total. The third-order valence-electron chi connectivity index (χ3n) is 3.26. The molecule has 7 heteroatoms. The van der Waals surface area contributed by atoms with Crippen LogP contribution in [0.15, 0.2) is 42.5 Å². The van der Waals surface area contributed by atoms with Gasteiger partial charge in [0.25, 0.3) is 0 Å². The average molecular weight is 334 g/mol. The van der Waals surface area contributed by atoms with E-state index in [1.807, 2.05) is 0 Å². The topological polar surface area (TPSA) is 58.6 Å². The number of hydrogen-bond donors (Lipinski definition) is 1. The molecular weight excluding hydrogens is 318 g/mol. The zero-order valence-electron chi connectivity index (χ0n) is 13.2. The average Bonchev–Trinajstić information content (AvgIpc) is 2.54. The second-order valence-electron chi connectivity index (χ2n) is 4.95. The molecule has 126 valence electrons. The van der Waals surface area contributed by atoms with Gasteiger partial charge in [-0.1, -0.05) is 6.07 Å². The summed E-state index contributed by atoms with van der Waals surface area (Å²) in [5.74, 6) is -2.45. The van der Waals surface area contributed by atoms with Gasteiger partial charge in [-0.25, -0.2) is 8.78 Å². The Kier molecular flexibility index (Phi) is 5.47. The van der Waals surface area contributed by atoms with Crippen LogP contribution in [0, 0.1) is 11.6 Å². The van der Waals surface area contributed by atoms with Gasteiger partial charge >= 0.3 is 0 Å². The highest BCUT2D eigenvalue weighted by Crippen LogP contribution is 2.23. The van der Waals surface area contributed by atoms with Gasteiger partial charge in [-0.05, 0) is 36.4 Å². The molecular formula is C17H16F2N2O3. The Morgan fingerprint density at radius 2 is 1.67 bits per heavy atom. The number of carbonyl (C=O) groups excluding carboxylic acids is 2. The first-order valence-electron chi connectivity index (χ1n) is 7.08. The van der Waals surface area contributed by atoms with Gasteiger partial charge in [0.1, 0.15) is 29.6 Å². The summed E-state index contributed by atoms with van der Waals surface area (Å²) >= 11 is 0. The summed E-state index contributed by atoms with van der Waals surface area (Å²) in [7, 11) is 1.52. The third-order valence-corrected chi connectivity index (χ3v) is 3.26. The number of para-hydroxylation sites is 1. The van der Waals surface area contributed by atoms with Crippen molar-refractivity contribution in [3.05, 3.63) is 54.1 Å². The molecule has 2 rings (SSSR count). The second-order valence-corrected chi connectivity index (χ2v) is 4.95. The van der Waals surface area contributed by atoms with Crippen LogP contribution in [0.5, 0.6) is 5.75 Å². The Morgan fingerprint density at radius 1 is 1.08 bits per heavy atom. The molecule has 0 unspecified atom stereocenters. The fourth-order valence-corrected chi connectivity index (χ4v) is 2.11. The minimum atomic E-state index is -0.914. The van der Waals surface area contributed by atoms with E-state index in [4.69, 9.17) is 4.74 Å². The first kappa shape index (κ1) is 17.4. The van der Waals surface area contributed by atoms with Gasteiger partial charge in [0.15, 0.2) is 0 Å². The summed E-state index contributed by atoms with van der Waals surface area (Å²) in [6.45, 7) is 0.617. The van der Waals surface area contributed by atoms with Crippen LogP contribution in [-0.2, 0) is 9.59 Å². The lowest BCUT2D eigenvalue weighted by Crippen LogP contribution is -2.37. The number of anilines is 2. The van der Waals surface area contributed by atoms with Crippen LogP contribution in [-0.4, -0.2) is 25.5 Å². The van der Waals surface area contributed by atoms with Crippen molar-refractivity contribution < 1.29 is 23.1 Å². The van der Waals surface area contributed by atoms with Crippen molar-refractivity contribution in [1.82, 2.24) is 0 Å². The normalized spacial score (nSPS) is 10.2. The Morgan fingerprint density at radius 3 is 2.17 bits per heavy atom. The van der Waals surface area contributed by atoms with Crippen LogP contribution in [0.1, 0.15) is 6.92 Å². The Bertz CT molecular complexity index is 728. The smallest absolute Gasteiger partial charge is 0.244 e. The first-order valence-corrected chi connectivity index (χ1v) is 7.08. The number of ether oxygens (including phenoxy) is 1. The van der Waals surface area contributed by atoms with Crippen molar-refractivity contribution in [3.63, 3.8) is 0 Å². The summed E-state index contributed by atoms with van der Waals surface area (Å²) in [5.41, 5.74) is -0.0758. The predicted octanol–water partition coefficient (Wildman–Crippen LogP) is 2.97. The minimum Gasteiger partial charge on any atom is -0.497 e. The van der Waals surface area contributed by atoms with Gasteiger partial charge in [-0.3, -0.25) is 14.5 Å². The van der Waals surface area contributed by atoms with Crippen molar-refractivity contribution >= 4 is 23.2 Å². The fraction of sp³-hybridized carbons (Fsp3) is 0.176. The number of methoxy groups -OCH3 is 1. The number of nitrogens with zero attached hydrogens (tertiary/aromatic N) is 1. The molecule has 0 aliphatic carbocycles. The van der Waals surface area contributed by atoms with Crippen LogP contribution in [0.2, 0.25) is 0 Å². The number of hydrogen-bond acceptors (Lipinski definition) is 3. The summed E-state index contributed by atoms with van der Waals surface area (Å²) in [5, 5.41) is 2.55. The molecule has 0 aliphatic rings. The number of carbonyl (C=O) groups is 2. The van der Waals surface area contributed by atoms with E-state index in [0.29, 0.717) is 11.4 Å². The molecule has 2 aromatic carbocycles. The zero-order chi connectivity index (χ0) is 17.7. The summed E-state index contributed by atoms with van der Waals surface area (Å²) in [4.78, 5) is 24.6. The third kappa shape index (κ3) is 4.07. The SMILES string of the molecule is COc1ccc(NC(=O)CN(C(C)=O)c2c(F)cccc2F)cc1. The molecule has 5 nitrogen and oxygen atoms in total. The molecule has 2 aromatic rings. The number of halogens is 2. The highest BCUT2D eigenvalue weighted by Gasteiger charge is 2.22. The van der Waals surface area contributed by atoms with E-state index in [-0.39, 0.29) is 0 Å². The largest absolute Gasteiger partial charge is 0.497 e. The lowest BCUT2D eigenvalue weighted by atomic mass is 10.2. The van der Waals surface area contributed by atoms with Crippen LogP contribution in [0.4, 0.5) is 20.2 Å². The molecule has 2 amide bonds. The van der Waals surface area contributed by atoms with Crippen molar-refractivity contribution in [2.24, 2.45) is 0 Å². The molecule has 0 heterocycles. The Labute approximate surface area is 137 Å². The van der Waals surface area contributed by atoms with Crippen molar-refractivity contribution in [2.75, 3.05) is 23.9 Å². The lowest BCUT2D eigenvalue weighted by molar-refractivity contribution is -0.120. The number of nitrogens with one attached hydrogen (secondary N) is 1. The maximum atomic E-state index is 13.8. The molecule has 0 aromatic heterocycles. The molecule has 0 fully saturated rings. The predicted molar refractivity (Wildman–Crippen MR) is 86.0 cm³/mol. The van der Waals surface area contributed by atoms with E-state index in [0.717, 1.165) is 24.0 Å². The van der Waals surface area contributed by atoms with Gasteiger partial charge in [0.05, 0.1) is 7.11 Å². The van der Waals surface area contributed by atoms with E-state index in [9.17, 15) is 18.4 Å². The van der Waals surface area contributed by atoms with Gasteiger partial charge < -0.3 is 10.1 Å². The highest BCUT2D eigenvalue weighted by atomic mass is 19.1.